The number of carbonyl (C=O) groups excluding carboxylic acids is 1. The molecule has 1 unspecified atom stereocenters. The summed E-state index contributed by atoms with van der Waals surface area (Å²) in [6.07, 6.45) is 7.48. The van der Waals surface area contributed by atoms with Crippen molar-refractivity contribution in [2.75, 3.05) is 44.2 Å². The number of hydrogen-bond acceptors (Lipinski definition) is 4. The molecule has 4 nitrogen and oxygen atoms in total. The Bertz CT molecular complexity index is 813. The van der Waals surface area contributed by atoms with Crippen molar-refractivity contribution in [1.82, 2.24) is 10.2 Å². The number of likely N-dealkylation sites (tertiary alicyclic amines) is 1. The van der Waals surface area contributed by atoms with Gasteiger partial charge in [-0.1, -0.05) is 37.3 Å². The van der Waals surface area contributed by atoms with Crippen LogP contribution in [0.4, 0.5) is 5.00 Å². The van der Waals surface area contributed by atoms with Gasteiger partial charge in [0.1, 0.15) is 0 Å². The van der Waals surface area contributed by atoms with E-state index in [0.29, 0.717) is 0 Å². The van der Waals surface area contributed by atoms with E-state index in [4.69, 9.17) is 0 Å². The molecule has 1 aromatic heterocycles. The number of nitrogens with zero attached hydrogens (tertiary/aromatic N) is 2. The number of thiophene rings is 1. The summed E-state index contributed by atoms with van der Waals surface area (Å²) in [5, 5.41) is 4.43. The third kappa shape index (κ3) is 5.44. The van der Waals surface area contributed by atoms with Gasteiger partial charge in [-0.05, 0) is 69.2 Å². The molecular weight excluding hydrogens is 390 g/mol. The molecule has 2 fully saturated rings. The third-order valence-corrected chi connectivity index (χ3v) is 7.54. The van der Waals surface area contributed by atoms with E-state index in [-0.39, 0.29) is 5.91 Å². The minimum Gasteiger partial charge on any atom is -0.363 e. The van der Waals surface area contributed by atoms with Crippen LogP contribution in [-0.4, -0.2) is 50.1 Å². The average molecular weight is 426 g/mol. The van der Waals surface area contributed by atoms with Gasteiger partial charge in [-0.25, -0.2) is 0 Å². The zero-order chi connectivity index (χ0) is 20.8. The lowest BCUT2D eigenvalue weighted by Gasteiger charge is -2.30. The highest BCUT2D eigenvalue weighted by Crippen LogP contribution is 2.40. The Morgan fingerprint density at radius 2 is 1.90 bits per heavy atom. The molecule has 2 aromatic rings. The van der Waals surface area contributed by atoms with Gasteiger partial charge < -0.3 is 15.1 Å². The molecule has 162 valence electrons. The van der Waals surface area contributed by atoms with Crippen LogP contribution in [0.15, 0.2) is 36.4 Å². The molecule has 4 rings (SSSR count). The highest BCUT2D eigenvalue weighted by Gasteiger charge is 2.22. The Morgan fingerprint density at radius 1 is 1.10 bits per heavy atom. The lowest BCUT2D eigenvalue weighted by atomic mass is 10.0. The van der Waals surface area contributed by atoms with Crippen LogP contribution in [0.2, 0.25) is 0 Å². The van der Waals surface area contributed by atoms with Gasteiger partial charge in [0.15, 0.2) is 0 Å². The standard InChI is InChI=1S/C25H35N3OS/c1-20-10-8-14-27(19-20)15-9-13-26-24(29)23-18-22(21-11-4-2-5-12-21)25(30-23)28-16-6-3-7-17-28/h2,4-5,11-12,18,20H,3,6-10,13-17,19H2,1H3,(H,26,29). The van der Waals surface area contributed by atoms with E-state index in [0.717, 1.165) is 43.4 Å². The van der Waals surface area contributed by atoms with Gasteiger partial charge in [0.25, 0.3) is 5.91 Å². The number of anilines is 1. The molecule has 0 bridgehead atoms. The zero-order valence-electron chi connectivity index (χ0n) is 18.2. The van der Waals surface area contributed by atoms with Crippen LogP contribution in [0.25, 0.3) is 11.1 Å². The topological polar surface area (TPSA) is 35.6 Å². The van der Waals surface area contributed by atoms with Crippen LogP contribution < -0.4 is 10.2 Å². The molecule has 0 saturated carbocycles. The maximum atomic E-state index is 12.9. The highest BCUT2D eigenvalue weighted by molar-refractivity contribution is 7.18. The average Bonchev–Trinajstić information content (AvgIpc) is 3.24. The minimum absolute atomic E-state index is 0.0763. The van der Waals surface area contributed by atoms with Gasteiger partial charge >= 0.3 is 0 Å². The van der Waals surface area contributed by atoms with Crippen molar-refractivity contribution >= 4 is 22.2 Å². The van der Waals surface area contributed by atoms with Crippen LogP contribution in [0.5, 0.6) is 0 Å². The molecule has 2 saturated heterocycles. The summed E-state index contributed by atoms with van der Waals surface area (Å²) >= 11 is 1.66. The number of benzene rings is 1. The quantitative estimate of drug-likeness (QED) is 0.615. The van der Waals surface area contributed by atoms with E-state index >= 15 is 0 Å². The smallest absolute Gasteiger partial charge is 0.261 e. The minimum atomic E-state index is 0.0763. The Balaban J connectivity index is 1.39. The Hall–Kier alpha value is -1.85. The summed E-state index contributed by atoms with van der Waals surface area (Å²) in [6.45, 7) is 8.78. The molecule has 1 atom stereocenters. The van der Waals surface area contributed by atoms with Crippen molar-refractivity contribution in [3.05, 3.63) is 41.3 Å². The monoisotopic (exact) mass is 425 g/mol. The number of nitrogens with one attached hydrogen (secondary N) is 1. The molecule has 0 spiro atoms. The van der Waals surface area contributed by atoms with Gasteiger partial charge in [-0.2, -0.15) is 0 Å². The normalized spacial score (nSPS) is 20.3. The van der Waals surface area contributed by atoms with E-state index in [1.807, 2.05) is 6.07 Å². The van der Waals surface area contributed by atoms with E-state index in [2.05, 4.69) is 52.4 Å². The van der Waals surface area contributed by atoms with Gasteiger partial charge in [0.05, 0.1) is 9.88 Å². The van der Waals surface area contributed by atoms with Crippen molar-refractivity contribution < 1.29 is 4.79 Å². The molecule has 1 amide bonds. The van der Waals surface area contributed by atoms with Crippen molar-refractivity contribution in [2.24, 2.45) is 5.92 Å². The molecule has 5 heteroatoms. The Kier molecular flexibility index (Phi) is 7.45. The lowest BCUT2D eigenvalue weighted by Crippen LogP contribution is -2.36. The fourth-order valence-corrected chi connectivity index (χ4v) is 5.88. The van der Waals surface area contributed by atoms with Crippen LogP contribution in [0, 0.1) is 5.92 Å². The number of rotatable bonds is 7. The predicted molar refractivity (Wildman–Crippen MR) is 128 cm³/mol. The summed E-state index contributed by atoms with van der Waals surface area (Å²) in [6, 6.07) is 12.6. The number of carbonyl (C=O) groups is 1. The first-order chi connectivity index (χ1) is 14.7. The fraction of sp³-hybridized carbons (Fsp3) is 0.560. The van der Waals surface area contributed by atoms with Gasteiger partial charge in [0.2, 0.25) is 0 Å². The highest BCUT2D eigenvalue weighted by atomic mass is 32.1. The van der Waals surface area contributed by atoms with E-state index in [1.165, 1.54) is 61.3 Å². The zero-order valence-corrected chi connectivity index (χ0v) is 19.1. The van der Waals surface area contributed by atoms with Crippen molar-refractivity contribution in [2.45, 2.75) is 45.4 Å². The van der Waals surface area contributed by atoms with Crippen molar-refractivity contribution in [3.63, 3.8) is 0 Å². The van der Waals surface area contributed by atoms with Crippen LogP contribution in [0.3, 0.4) is 0 Å². The SMILES string of the molecule is CC1CCCN(CCCNC(=O)c2cc(-c3ccccc3)c(N3CCCCC3)s2)C1. The summed E-state index contributed by atoms with van der Waals surface area (Å²) in [4.78, 5) is 18.8. The predicted octanol–water partition coefficient (Wildman–Crippen LogP) is 5.26. The van der Waals surface area contributed by atoms with E-state index in [9.17, 15) is 4.79 Å². The first kappa shape index (κ1) is 21.4. The number of hydrogen-bond donors (Lipinski definition) is 1. The van der Waals surface area contributed by atoms with E-state index in [1.54, 1.807) is 11.3 Å². The van der Waals surface area contributed by atoms with Crippen LogP contribution >= 0.6 is 11.3 Å². The van der Waals surface area contributed by atoms with Gasteiger partial charge in [0, 0.05) is 31.7 Å². The maximum Gasteiger partial charge on any atom is 0.261 e. The molecular formula is C25H35N3OS. The second-order valence-electron chi connectivity index (χ2n) is 8.90. The molecule has 3 heterocycles. The van der Waals surface area contributed by atoms with Crippen LogP contribution in [0.1, 0.15) is 55.1 Å². The largest absolute Gasteiger partial charge is 0.363 e. The second-order valence-corrected chi connectivity index (χ2v) is 9.93. The Morgan fingerprint density at radius 3 is 2.67 bits per heavy atom. The number of piperidine rings is 2. The summed E-state index contributed by atoms with van der Waals surface area (Å²) in [5.41, 5.74) is 2.41. The molecule has 1 N–H and O–H groups in total. The van der Waals surface area contributed by atoms with E-state index < -0.39 is 0 Å². The van der Waals surface area contributed by atoms with Crippen LogP contribution in [-0.2, 0) is 0 Å². The first-order valence-electron chi connectivity index (χ1n) is 11.7. The van der Waals surface area contributed by atoms with Gasteiger partial charge in [-0.15, -0.1) is 11.3 Å². The molecule has 30 heavy (non-hydrogen) atoms. The number of amides is 1. The summed E-state index contributed by atoms with van der Waals surface area (Å²) in [7, 11) is 0. The van der Waals surface area contributed by atoms with Crippen molar-refractivity contribution in [1.29, 1.82) is 0 Å². The molecule has 0 aliphatic carbocycles. The third-order valence-electron chi connectivity index (χ3n) is 6.34. The Labute approximate surface area is 185 Å². The first-order valence-corrected chi connectivity index (χ1v) is 12.5. The molecule has 2 aliphatic heterocycles. The van der Waals surface area contributed by atoms with Crippen molar-refractivity contribution in [3.8, 4) is 11.1 Å². The molecule has 2 aliphatic rings. The molecule has 1 aromatic carbocycles. The van der Waals surface area contributed by atoms with Gasteiger partial charge in [-0.3, -0.25) is 4.79 Å². The fourth-order valence-electron chi connectivity index (χ4n) is 4.73. The lowest BCUT2D eigenvalue weighted by molar-refractivity contribution is 0.0954. The second kappa shape index (κ2) is 10.5. The summed E-state index contributed by atoms with van der Waals surface area (Å²) in [5.74, 6) is 0.886. The molecule has 0 radical (unpaired) electrons. The maximum absolute atomic E-state index is 12.9. The summed E-state index contributed by atoms with van der Waals surface area (Å²) < 4.78 is 0.